The first kappa shape index (κ1) is 12.0. The number of rotatable bonds is 2. The van der Waals surface area contributed by atoms with Crippen molar-refractivity contribution >= 4 is 5.97 Å². The summed E-state index contributed by atoms with van der Waals surface area (Å²) in [6, 6.07) is 5.93. The molecule has 0 aromatic heterocycles. The van der Waals surface area contributed by atoms with Crippen molar-refractivity contribution in [2.24, 2.45) is 0 Å². The average Bonchev–Trinajstić information content (AvgIpc) is 2.32. The zero-order valence-corrected chi connectivity index (χ0v) is 9.91. The Morgan fingerprint density at radius 2 is 2.00 bits per heavy atom. The lowest BCUT2D eigenvalue weighted by Crippen LogP contribution is -3.10. The maximum Gasteiger partial charge on any atom is 0.341 e. The van der Waals surface area contributed by atoms with Crippen LogP contribution in [0.2, 0.25) is 0 Å². The fourth-order valence-electron chi connectivity index (χ4n) is 2.04. The summed E-state index contributed by atoms with van der Waals surface area (Å²) >= 11 is 0. The molecule has 0 unspecified atom stereocenters. The Morgan fingerprint density at radius 1 is 1.35 bits per heavy atom. The molecular formula is C13H17FNO2+. The highest BCUT2D eigenvalue weighted by atomic mass is 19.1. The molecule has 0 amide bonds. The molecule has 1 fully saturated rings. The second kappa shape index (κ2) is 5.27. The van der Waals surface area contributed by atoms with Crippen molar-refractivity contribution in [1.29, 1.82) is 0 Å². The van der Waals surface area contributed by atoms with Gasteiger partial charge in [-0.15, -0.1) is 0 Å². The van der Waals surface area contributed by atoms with E-state index in [2.05, 4.69) is 7.05 Å². The summed E-state index contributed by atoms with van der Waals surface area (Å²) in [5.74, 6) is -1.07. The molecule has 0 bridgehead atoms. The highest BCUT2D eigenvalue weighted by molar-refractivity contribution is 5.89. The second-order valence-corrected chi connectivity index (χ2v) is 4.54. The molecular weight excluding hydrogens is 221 g/mol. The van der Waals surface area contributed by atoms with Gasteiger partial charge in [0.15, 0.2) is 0 Å². The number of benzene rings is 1. The van der Waals surface area contributed by atoms with Crippen LogP contribution in [0.25, 0.3) is 0 Å². The third kappa shape index (κ3) is 3.03. The molecule has 1 aromatic carbocycles. The van der Waals surface area contributed by atoms with Crippen LogP contribution < -0.4 is 4.90 Å². The molecule has 1 aromatic rings. The van der Waals surface area contributed by atoms with Gasteiger partial charge in [0, 0.05) is 12.8 Å². The predicted molar refractivity (Wildman–Crippen MR) is 61.5 cm³/mol. The lowest BCUT2D eigenvalue weighted by atomic mass is 10.1. The number of esters is 1. The van der Waals surface area contributed by atoms with Crippen LogP contribution in [0.3, 0.4) is 0 Å². The molecule has 1 aliphatic heterocycles. The number of carbonyl (C=O) groups excluding carboxylic acids is 1. The third-order valence-electron chi connectivity index (χ3n) is 3.15. The van der Waals surface area contributed by atoms with Crippen LogP contribution in [0.15, 0.2) is 24.3 Å². The van der Waals surface area contributed by atoms with Crippen molar-refractivity contribution in [2.45, 2.75) is 18.9 Å². The van der Waals surface area contributed by atoms with Crippen LogP contribution in [-0.2, 0) is 4.74 Å². The van der Waals surface area contributed by atoms with Gasteiger partial charge in [-0.25, -0.2) is 9.18 Å². The van der Waals surface area contributed by atoms with Gasteiger partial charge >= 0.3 is 5.97 Å². The number of carbonyl (C=O) groups is 1. The van der Waals surface area contributed by atoms with E-state index >= 15 is 0 Å². The van der Waals surface area contributed by atoms with Crippen LogP contribution in [0.5, 0.6) is 0 Å². The topological polar surface area (TPSA) is 30.7 Å². The van der Waals surface area contributed by atoms with Crippen LogP contribution >= 0.6 is 0 Å². The van der Waals surface area contributed by atoms with Gasteiger partial charge in [0.2, 0.25) is 0 Å². The van der Waals surface area contributed by atoms with Gasteiger partial charge in [-0.1, -0.05) is 12.1 Å². The van der Waals surface area contributed by atoms with E-state index < -0.39 is 11.8 Å². The summed E-state index contributed by atoms with van der Waals surface area (Å²) in [4.78, 5) is 13.2. The largest absolute Gasteiger partial charge is 0.458 e. The van der Waals surface area contributed by atoms with Crippen molar-refractivity contribution in [1.82, 2.24) is 0 Å². The number of halogens is 1. The molecule has 0 aliphatic carbocycles. The van der Waals surface area contributed by atoms with Crippen LogP contribution in [0.4, 0.5) is 4.39 Å². The third-order valence-corrected chi connectivity index (χ3v) is 3.15. The maximum absolute atomic E-state index is 13.4. The number of nitrogens with one attached hydrogen (secondary N) is 1. The van der Waals surface area contributed by atoms with Gasteiger partial charge in [-0.05, 0) is 12.1 Å². The number of piperidine rings is 1. The van der Waals surface area contributed by atoms with Gasteiger partial charge in [0.1, 0.15) is 11.9 Å². The predicted octanol–water partition coefficient (Wildman–Crippen LogP) is 0.660. The SMILES string of the molecule is C[NH+]1CCC(OC(=O)c2ccccc2F)CC1. The van der Waals surface area contributed by atoms with E-state index in [0.29, 0.717) is 0 Å². The molecule has 92 valence electrons. The van der Waals surface area contributed by atoms with Gasteiger partial charge < -0.3 is 9.64 Å². The van der Waals surface area contributed by atoms with Crippen LogP contribution in [-0.4, -0.2) is 32.2 Å². The lowest BCUT2D eigenvalue weighted by molar-refractivity contribution is -0.885. The van der Waals surface area contributed by atoms with E-state index in [-0.39, 0.29) is 11.7 Å². The Morgan fingerprint density at radius 3 is 2.65 bits per heavy atom. The number of hydrogen-bond acceptors (Lipinski definition) is 2. The maximum atomic E-state index is 13.4. The Balaban J connectivity index is 1.96. The number of quaternary nitrogens is 1. The molecule has 1 N–H and O–H groups in total. The minimum atomic E-state index is -0.548. The zero-order valence-electron chi connectivity index (χ0n) is 9.91. The molecule has 0 saturated carbocycles. The Bertz CT molecular complexity index is 400. The van der Waals surface area contributed by atoms with Crippen molar-refractivity contribution in [3.05, 3.63) is 35.6 Å². The number of ether oxygens (including phenoxy) is 1. The second-order valence-electron chi connectivity index (χ2n) is 4.54. The Labute approximate surface area is 100 Å². The number of hydrogen-bond donors (Lipinski definition) is 1. The molecule has 3 nitrogen and oxygen atoms in total. The summed E-state index contributed by atoms with van der Waals surface area (Å²) in [6.07, 6.45) is 1.64. The standard InChI is InChI=1S/C13H16FNO2/c1-15-8-6-10(7-9-15)17-13(16)11-4-2-3-5-12(11)14/h2-5,10H,6-9H2,1H3/p+1. The van der Waals surface area contributed by atoms with Gasteiger partial charge in [-0.2, -0.15) is 0 Å². The van der Waals surface area contributed by atoms with Crippen molar-refractivity contribution in [3.8, 4) is 0 Å². The quantitative estimate of drug-likeness (QED) is 0.767. The summed E-state index contributed by atoms with van der Waals surface area (Å²) in [5, 5.41) is 0. The van der Waals surface area contributed by atoms with Gasteiger partial charge in [0.05, 0.1) is 25.7 Å². The summed E-state index contributed by atoms with van der Waals surface area (Å²) in [6.45, 7) is 1.99. The summed E-state index contributed by atoms with van der Waals surface area (Å²) in [7, 11) is 2.12. The molecule has 1 aliphatic rings. The molecule has 0 radical (unpaired) electrons. The van der Waals surface area contributed by atoms with E-state index in [9.17, 15) is 9.18 Å². The molecule has 1 heterocycles. The Kier molecular flexibility index (Phi) is 3.74. The average molecular weight is 238 g/mol. The smallest absolute Gasteiger partial charge is 0.341 e. The molecule has 2 rings (SSSR count). The van der Waals surface area contributed by atoms with E-state index in [4.69, 9.17) is 4.74 Å². The lowest BCUT2D eigenvalue weighted by Gasteiger charge is -2.26. The molecule has 1 saturated heterocycles. The molecule has 17 heavy (non-hydrogen) atoms. The van der Waals surface area contributed by atoms with E-state index in [1.54, 1.807) is 12.1 Å². The van der Waals surface area contributed by atoms with E-state index in [1.807, 2.05) is 0 Å². The molecule has 0 atom stereocenters. The Hall–Kier alpha value is -1.42. The highest BCUT2D eigenvalue weighted by Gasteiger charge is 2.24. The van der Waals surface area contributed by atoms with E-state index in [1.165, 1.54) is 17.0 Å². The van der Waals surface area contributed by atoms with E-state index in [0.717, 1.165) is 25.9 Å². The summed E-state index contributed by atoms with van der Waals surface area (Å²) in [5.41, 5.74) is 0.0266. The first-order valence-corrected chi connectivity index (χ1v) is 5.93. The first-order chi connectivity index (χ1) is 8.16. The minimum absolute atomic E-state index is 0.0266. The normalized spacial score (nSPS) is 24.4. The van der Waals surface area contributed by atoms with Gasteiger partial charge in [-0.3, -0.25) is 0 Å². The fourth-order valence-corrected chi connectivity index (χ4v) is 2.04. The van der Waals surface area contributed by atoms with Crippen molar-refractivity contribution < 1.29 is 18.8 Å². The van der Waals surface area contributed by atoms with Crippen LogP contribution in [0.1, 0.15) is 23.2 Å². The number of likely N-dealkylation sites (tertiary alicyclic amines) is 1. The zero-order chi connectivity index (χ0) is 12.3. The van der Waals surface area contributed by atoms with Crippen molar-refractivity contribution in [2.75, 3.05) is 20.1 Å². The monoisotopic (exact) mass is 238 g/mol. The summed E-state index contributed by atoms with van der Waals surface area (Å²) < 4.78 is 18.7. The highest BCUT2D eigenvalue weighted by Crippen LogP contribution is 2.12. The molecule has 0 spiro atoms. The van der Waals surface area contributed by atoms with Crippen molar-refractivity contribution in [3.63, 3.8) is 0 Å². The fraction of sp³-hybridized carbons (Fsp3) is 0.462. The minimum Gasteiger partial charge on any atom is -0.458 e. The first-order valence-electron chi connectivity index (χ1n) is 5.93. The van der Waals surface area contributed by atoms with Gasteiger partial charge in [0.25, 0.3) is 0 Å². The molecule has 4 heteroatoms. The van der Waals surface area contributed by atoms with Crippen LogP contribution in [0, 0.1) is 5.82 Å².